The first-order chi connectivity index (χ1) is 6.22. The van der Waals surface area contributed by atoms with Crippen molar-refractivity contribution in [2.45, 2.75) is 6.92 Å². The molecule has 0 aromatic carbocycles. The summed E-state index contributed by atoms with van der Waals surface area (Å²) in [6, 6.07) is 3.03. The number of carbonyl (C=O) groups excluding carboxylic acids is 1. The molecule has 1 rings (SSSR count). The third kappa shape index (κ3) is 3.16. The van der Waals surface area contributed by atoms with Crippen molar-refractivity contribution < 1.29 is 14.3 Å². The van der Waals surface area contributed by atoms with E-state index in [0.717, 1.165) is 5.76 Å². The minimum Gasteiger partial charge on any atom is -0.446 e. The molecule has 1 aromatic heterocycles. The number of amides is 2. The highest BCUT2D eigenvalue weighted by molar-refractivity contribution is 5.87. The molecular weight excluding hydrogens is 172 g/mol. The quantitative estimate of drug-likeness (QED) is 0.647. The maximum Gasteiger partial charge on any atom is 0.321 e. The molecule has 0 bridgehead atoms. The number of urea groups is 1. The molecule has 0 atom stereocenters. The molecule has 1 aromatic rings. The second kappa shape index (κ2) is 4.51. The standard InChI is InChI=1S/C8H12N2O3/c1-6-2-3-7(13-6)10-8(12)9-4-5-11/h2-3,11H,4-5H2,1H3,(H2,9,10,12). The Morgan fingerprint density at radius 1 is 1.62 bits per heavy atom. The largest absolute Gasteiger partial charge is 0.446 e. The molecule has 0 saturated carbocycles. The van der Waals surface area contributed by atoms with Crippen LogP contribution in [0.5, 0.6) is 0 Å². The van der Waals surface area contributed by atoms with Gasteiger partial charge < -0.3 is 14.8 Å². The molecule has 3 N–H and O–H groups in total. The number of hydrogen-bond acceptors (Lipinski definition) is 3. The third-order valence-electron chi connectivity index (χ3n) is 1.37. The molecule has 5 heteroatoms. The Balaban J connectivity index is 2.36. The number of hydrogen-bond donors (Lipinski definition) is 3. The Kier molecular flexibility index (Phi) is 3.33. The van der Waals surface area contributed by atoms with Crippen LogP contribution >= 0.6 is 0 Å². The van der Waals surface area contributed by atoms with Gasteiger partial charge in [0.25, 0.3) is 0 Å². The van der Waals surface area contributed by atoms with Gasteiger partial charge in [-0.3, -0.25) is 5.32 Å². The highest BCUT2D eigenvalue weighted by Gasteiger charge is 2.02. The van der Waals surface area contributed by atoms with Gasteiger partial charge in [-0.25, -0.2) is 4.79 Å². The van der Waals surface area contributed by atoms with Gasteiger partial charge >= 0.3 is 6.03 Å². The van der Waals surface area contributed by atoms with E-state index in [2.05, 4.69) is 10.6 Å². The number of furan rings is 1. The summed E-state index contributed by atoms with van der Waals surface area (Å²) in [5, 5.41) is 13.3. The average molecular weight is 184 g/mol. The first-order valence-corrected chi connectivity index (χ1v) is 3.94. The molecule has 72 valence electrons. The lowest BCUT2D eigenvalue weighted by atomic mass is 10.5. The third-order valence-corrected chi connectivity index (χ3v) is 1.37. The topological polar surface area (TPSA) is 74.5 Å². The van der Waals surface area contributed by atoms with Crippen LogP contribution in [0.2, 0.25) is 0 Å². The van der Waals surface area contributed by atoms with Crippen molar-refractivity contribution in [3.8, 4) is 0 Å². The van der Waals surface area contributed by atoms with Crippen LogP contribution in [0.3, 0.4) is 0 Å². The zero-order valence-corrected chi connectivity index (χ0v) is 7.33. The van der Waals surface area contributed by atoms with Crippen molar-refractivity contribution in [1.29, 1.82) is 0 Å². The number of nitrogens with one attached hydrogen (secondary N) is 2. The Labute approximate surface area is 75.7 Å². The molecule has 2 amide bonds. The maximum absolute atomic E-state index is 11.0. The minimum atomic E-state index is -0.386. The summed E-state index contributed by atoms with van der Waals surface area (Å²) in [5.74, 6) is 1.13. The first kappa shape index (κ1) is 9.60. The van der Waals surface area contributed by atoms with Gasteiger partial charge in [-0.05, 0) is 13.0 Å². The zero-order valence-electron chi connectivity index (χ0n) is 7.33. The van der Waals surface area contributed by atoms with Crippen LogP contribution in [0.4, 0.5) is 10.7 Å². The van der Waals surface area contributed by atoms with E-state index in [1.54, 1.807) is 19.1 Å². The fraction of sp³-hybridized carbons (Fsp3) is 0.375. The lowest BCUT2D eigenvalue weighted by molar-refractivity contribution is 0.244. The van der Waals surface area contributed by atoms with Crippen molar-refractivity contribution in [3.63, 3.8) is 0 Å². The Bertz CT molecular complexity index is 283. The normalized spacial score (nSPS) is 9.69. The van der Waals surface area contributed by atoms with E-state index in [4.69, 9.17) is 9.52 Å². The molecule has 0 radical (unpaired) electrons. The SMILES string of the molecule is Cc1ccc(NC(=O)NCCO)o1. The second-order valence-corrected chi connectivity index (χ2v) is 2.51. The van der Waals surface area contributed by atoms with Gasteiger partial charge in [-0.1, -0.05) is 0 Å². The molecule has 0 saturated heterocycles. The first-order valence-electron chi connectivity index (χ1n) is 3.94. The fourth-order valence-corrected chi connectivity index (χ4v) is 0.827. The van der Waals surface area contributed by atoms with Gasteiger partial charge in [0.2, 0.25) is 5.88 Å². The minimum absolute atomic E-state index is 0.0788. The number of anilines is 1. The fourth-order valence-electron chi connectivity index (χ4n) is 0.827. The zero-order chi connectivity index (χ0) is 9.68. The van der Waals surface area contributed by atoms with Crippen molar-refractivity contribution in [1.82, 2.24) is 5.32 Å². The van der Waals surface area contributed by atoms with Gasteiger partial charge in [0.1, 0.15) is 5.76 Å². The highest BCUT2D eigenvalue weighted by Crippen LogP contribution is 2.11. The summed E-state index contributed by atoms with van der Waals surface area (Å²) in [5.41, 5.74) is 0. The van der Waals surface area contributed by atoms with Crippen LogP contribution in [0, 0.1) is 6.92 Å². The monoisotopic (exact) mass is 184 g/mol. The van der Waals surface area contributed by atoms with Gasteiger partial charge in [-0.2, -0.15) is 0 Å². The molecule has 0 aliphatic rings. The van der Waals surface area contributed by atoms with Crippen molar-refractivity contribution >= 4 is 11.9 Å². The molecule has 0 unspecified atom stereocenters. The van der Waals surface area contributed by atoms with Gasteiger partial charge in [0.05, 0.1) is 6.61 Å². The number of aliphatic hydroxyl groups excluding tert-OH is 1. The van der Waals surface area contributed by atoms with Crippen LogP contribution in [0.25, 0.3) is 0 Å². The molecule has 0 fully saturated rings. The van der Waals surface area contributed by atoms with Crippen LogP contribution in [0.15, 0.2) is 16.5 Å². The number of aryl methyl sites for hydroxylation is 1. The lowest BCUT2D eigenvalue weighted by Gasteiger charge is -2.02. The summed E-state index contributed by atoms with van der Waals surface area (Å²) in [7, 11) is 0. The molecule has 0 aliphatic heterocycles. The average Bonchev–Trinajstić information content (AvgIpc) is 2.48. The lowest BCUT2D eigenvalue weighted by Crippen LogP contribution is -2.30. The Morgan fingerprint density at radius 2 is 2.38 bits per heavy atom. The summed E-state index contributed by atoms with van der Waals surface area (Å²) in [4.78, 5) is 11.0. The highest BCUT2D eigenvalue weighted by atomic mass is 16.4. The van der Waals surface area contributed by atoms with E-state index in [0.29, 0.717) is 5.88 Å². The van der Waals surface area contributed by atoms with Crippen LogP contribution < -0.4 is 10.6 Å². The van der Waals surface area contributed by atoms with Crippen LogP contribution in [-0.2, 0) is 0 Å². The van der Waals surface area contributed by atoms with E-state index in [9.17, 15) is 4.79 Å². The van der Waals surface area contributed by atoms with E-state index >= 15 is 0 Å². The van der Waals surface area contributed by atoms with E-state index in [1.165, 1.54) is 0 Å². The van der Waals surface area contributed by atoms with E-state index < -0.39 is 0 Å². The maximum atomic E-state index is 11.0. The Hall–Kier alpha value is -1.49. The summed E-state index contributed by atoms with van der Waals surface area (Å²) >= 11 is 0. The molecule has 5 nitrogen and oxygen atoms in total. The molecule has 0 spiro atoms. The summed E-state index contributed by atoms with van der Waals surface area (Å²) in [6.07, 6.45) is 0. The van der Waals surface area contributed by atoms with Gasteiger partial charge in [0, 0.05) is 12.6 Å². The summed E-state index contributed by atoms with van der Waals surface area (Å²) in [6.45, 7) is 1.94. The number of aliphatic hydroxyl groups is 1. The number of carbonyl (C=O) groups is 1. The van der Waals surface area contributed by atoms with Crippen LogP contribution in [0.1, 0.15) is 5.76 Å². The summed E-state index contributed by atoms with van der Waals surface area (Å²) < 4.78 is 5.10. The van der Waals surface area contributed by atoms with Gasteiger partial charge in [0.15, 0.2) is 0 Å². The van der Waals surface area contributed by atoms with Gasteiger partial charge in [-0.15, -0.1) is 0 Å². The Morgan fingerprint density at radius 3 is 2.92 bits per heavy atom. The van der Waals surface area contributed by atoms with Crippen LogP contribution in [-0.4, -0.2) is 24.3 Å². The van der Waals surface area contributed by atoms with E-state index in [1.807, 2.05) is 0 Å². The number of rotatable bonds is 3. The molecule has 13 heavy (non-hydrogen) atoms. The molecular formula is C8H12N2O3. The molecule has 1 heterocycles. The molecule has 0 aliphatic carbocycles. The van der Waals surface area contributed by atoms with E-state index in [-0.39, 0.29) is 19.2 Å². The second-order valence-electron chi connectivity index (χ2n) is 2.51. The predicted octanol–water partition coefficient (Wildman–Crippen LogP) is 0.702. The smallest absolute Gasteiger partial charge is 0.321 e. The van der Waals surface area contributed by atoms with Crippen molar-refractivity contribution in [2.24, 2.45) is 0 Å². The van der Waals surface area contributed by atoms with Crippen molar-refractivity contribution in [2.75, 3.05) is 18.5 Å². The predicted molar refractivity (Wildman–Crippen MR) is 47.6 cm³/mol. The van der Waals surface area contributed by atoms with Crippen molar-refractivity contribution in [3.05, 3.63) is 17.9 Å².